The number of halogens is 2. The van der Waals surface area contributed by atoms with E-state index in [1.807, 2.05) is 0 Å². The van der Waals surface area contributed by atoms with Crippen LogP contribution in [0.4, 0.5) is 0 Å². The number of carbonyl (C=O) groups is 1. The average molecular weight is 509 g/mol. The van der Waals surface area contributed by atoms with Crippen molar-refractivity contribution in [3.63, 3.8) is 0 Å². The SMILES string of the molecule is C=CCCC(=O)N[C@H]1[C@@H](OC=CC)[C@H](O)[C@@H](CNS(=O)(=O)c2cccc(Cl)c2Cl)O[C@@H]1O. The zero-order valence-corrected chi connectivity index (χ0v) is 19.6. The van der Waals surface area contributed by atoms with Crippen LogP contribution in [0.15, 0.2) is 48.1 Å². The average Bonchev–Trinajstić information content (AvgIpc) is 2.75. The fourth-order valence-corrected chi connectivity index (χ4v) is 4.84. The van der Waals surface area contributed by atoms with Gasteiger partial charge in [-0.15, -0.1) is 6.58 Å². The van der Waals surface area contributed by atoms with Crippen molar-refractivity contribution in [3.05, 3.63) is 53.2 Å². The molecule has 1 aromatic rings. The number of aliphatic hydroxyl groups is 2. The zero-order valence-electron chi connectivity index (χ0n) is 17.3. The molecule has 0 radical (unpaired) electrons. The first-order chi connectivity index (χ1) is 15.1. The van der Waals surface area contributed by atoms with E-state index in [1.54, 1.807) is 19.1 Å². The molecule has 12 heteroatoms. The number of benzene rings is 1. The number of sulfonamides is 1. The molecule has 0 aliphatic carbocycles. The molecule has 32 heavy (non-hydrogen) atoms. The number of amides is 1. The standard InChI is InChI=1S/C20H26Cl2N2O7S/c1-3-5-9-15(25)24-17-19(30-10-4-2)18(26)13(31-20(17)27)11-23-32(28,29)14-8-6-7-12(21)16(14)22/h3-4,6-8,10,13,17-20,23,26-27H,1,5,9,11H2,2H3,(H,24,25)/t13-,17+,18-,19-,20+/m1/s1. The fraction of sp³-hybridized carbons (Fsp3) is 0.450. The summed E-state index contributed by atoms with van der Waals surface area (Å²) in [6.07, 6.45) is -0.267. The van der Waals surface area contributed by atoms with E-state index in [0.717, 1.165) is 0 Å². The molecular formula is C20H26Cl2N2O7S. The Morgan fingerprint density at radius 1 is 1.34 bits per heavy atom. The highest BCUT2D eigenvalue weighted by atomic mass is 35.5. The molecule has 4 N–H and O–H groups in total. The number of aliphatic hydroxyl groups excluding tert-OH is 2. The van der Waals surface area contributed by atoms with E-state index < -0.39 is 53.1 Å². The topological polar surface area (TPSA) is 134 Å². The van der Waals surface area contributed by atoms with Gasteiger partial charge in [0.05, 0.1) is 16.3 Å². The van der Waals surface area contributed by atoms with Crippen molar-refractivity contribution in [1.29, 1.82) is 0 Å². The number of hydrogen-bond acceptors (Lipinski definition) is 7. The Hall–Kier alpha value is -1.66. The molecule has 1 saturated heterocycles. The van der Waals surface area contributed by atoms with Crippen LogP contribution < -0.4 is 10.0 Å². The zero-order chi connectivity index (χ0) is 23.9. The second-order valence-electron chi connectivity index (χ2n) is 6.95. The molecule has 1 heterocycles. The summed E-state index contributed by atoms with van der Waals surface area (Å²) < 4.78 is 38.4. The van der Waals surface area contributed by atoms with Gasteiger partial charge in [-0.1, -0.05) is 41.4 Å². The van der Waals surface area contributed by atoms with Crippen LogP contribution in [0.2, 0.25) is 10.0 Å². The molecule has 178 valence electrons. The third kappa shape index (κ3) is 6.67. The van der Waals surface area contributed by atoms with Gasteiger partial charge in [-0.05, 0) is 25.5 Å². The van der Waals surface area contributed by atoms with Gasteiger partial charge in [-0.2, -0.15) is 0 Å². The molecule has 1 amide bonds. The van der Waals surface area contributed by atoms with Crippen molar-refractivity contribution < 1.29 is 32.9 Å². The molecule has 2 rings (SSSR count). The largest absolute Gasteiger partial charge is 0.493 e. The maximum absolute atomic E-state index is 12.6. The van der Waals surface area contributed by atoms with E-state index in [2.05, 4.69) is 16.6 Å². The Balaban J connectivity index is 2.15. The van der Waals surface area contributed by atoms with Crippen LogP contribution in [0.1, 0.15) is 19.8 Å². The fourth-order valence-electron chi connectivity index (χ4n) is 3.04. The monoisotopic (exact) mass is 508 g/mol. The molecule has 1 aliphatic heterocycles. The lowest BCUT2D eigenvalue weighted by Gasteiger charge is -2.42. The van der Waals surface area contributed by atoms with E-state index in [1.165, 1.54) is 24.5 Å². The Morgan fingerprint density at radius 2 is 2.06 bits per heavy atom. The summed E-state index contributed by atoms with van der Waals surface area (Å²) in [5.41, 5.74) is 0. The van der Waals surface area contributed by atoms with Crippen molar-refractivity contribution >= 4 is 39.1 Å². The van der Waals surface area contributed by atoms with Crippen LogP contribution >= 0.6 is 23.2 Å². The number of ether oxygens (including phenoxy) is 2. The highest BCUT2D eigenvalue weighted by Crippen LogP contribution is 2.29. The normalized spacial score (nSPS) is 26.1. The Kier molecular flexibility index (Phi) is 9.96. The van der Waals surface area contributed by atoms with Gasteiger partial charge in [0, 0.05) is 13.0 Å². The van der Waals surface area contributed by atoms with E-state index >= 15 is 0 Å². The third-order valence-corrected chi connectivity index (χ3v) is 7.04. The summed E-state index contributed by atoms with van der Waals surface area (Å²) in [5.74, 6) is -0.395. The van der Waals surface area contributed by atoms with E-state index in [4.69, 9.17) is 32.7 Å². The van der Waals surface area contributed by atoms with Gasteiger partial charge in [-0.25, -0.2) is 13.1 Å². The summed E-state index contributed by atoms with van der Waals surface area (Å²) in [6.45, 7) is 4.82. The molecule has 5 atom stereocenters. The van der Waals surface area contributed by atoms with Gasteiger partial charge >= 0.3 is 0 Å². The second-order valence-corrected chi connectivity index (χ2v) is 9.47. The maximum atomic E-state index is 12.6. The number of rotatable bonds is 10. The first-order valence-electron chi connectivity index (χ1n) is 9.74. The molecule has 1 fully saturated rings. The van der Waals surface area contributed by atoms with Crippen molar-refractivity contribution in [2.75, 3.05) is 6.54 Å². The Morgan fingerprint density at radius 3 is 2.72 bits per heavy atom. The summed E-state index contributed by atoms with van der Waals surface area (Å²) in [6, 6.07) is 3.06. The van der Waals surface area contributed by atoms with E-state index in [9.17, 15) is 23.4 Å². The number of allylic oxidation sites excluding steroid dienone is 2. The lowest BCUT2D eigenvalue weighted by Crippen LogP contribution is -2.65. The summed E-state index contributed by atoms with van der Waals surface area (Å²) in [7, 11) is -4.10. The molecule has 1 aliphatic rings. The van der Waals surface area contributed by atoms with Gasteiger partial charge < -0.3 is 25.0 Å². The predicted octanol–water partition coefficient (Wildman–Crippen LogP) is 1.72. The van der Waals surface area contributed by atoms with Crippen molar-refractivity contribution in [2.45, 2.75) is 55.3 Å². The molecule has 1 aromatic carbocycles. The highest BCUT2D eigenvalue weighted by Gasteiger charge is 2.46. The minimum Gasteiger partial charge on any atom is -0.493 e. The van der Waals surface area contributed by atoms with E-state index in [-0.39, 0.29) is 21.4 Å². The number of nitrogens with one attached hydrogen (secondary N) is 2. The van der Waals surface area contributed by atoms with Crippen molar-refractivity contribution in [1.82, 2.24) is 10.0 Å². The second kappa shape index (κ2) is 12.0. The molecule has 0 aromatic heterocycles. The van der Waals surface area contributed by atoms with Crippen LogP contribution in [0.5, 0.6) is 0 Å². The lowest BCUT2D eigenvalue weighted by molar-refractivity contribution is -0.246. The number of carbonyl (C=O) groups excluding carboxylic acids is 1. The van der Waals surface area contributed by atoms with Crippen LogP contribution in [-0.2, 0) is 24.3 Å². The first kappa shape index (κ1) is 26.6. The van der Waals surface area contributed by atoms with Crippen molar-refractivity contribution in [2.24, 2.45) is 0 Å². The molecule has 0 unspecified atom stereocenters. The lowest BCUT2D eigenvalue weighted by atomic mass is 9.96. The van der Waals surface area contributed by atoms with Crippen LogP contribution in [0, 0.1) is 0 Å². The van der Waals surface area contributed by atoms with Gasteiger partial charge in [-0.3, -0.25) is 4.79 Å². The molecule has 0 spiro atoms. The molecular weight excluding hydrogens is 483 g/mol. The minimum atomic E-state index is -4.10. The van der Waals surface area contributed by atoms with E-state index in [0.29, 0.717) is 6.42 Å². The highest BCUT2D eigenvalue weighted by molar-refractivity contribution is 7.89. The third-order valence-electron chi connectivity index (χ3n) is 4.65. The summed E-state index contributed by atoms with van der Waals surface area (Å²) in [5, 5.41) is 23.7. The Labute approximate surface area is 197 Å². The van der Waals surface area contributed by atoms with Crippen LogP contribution in [-0.4, -0.2) is 61.7 Å². The smallest absolute Gasteiger partial charge is 0.242 e. The maximum Gasteiger partial charge on any atom is 0.242 e. The van der Waals surface area contributed by atoms with Crippen LogP contribution in [0.3, 0.4) is 0 Å². The molecule has 0 saturated carbocycles. The minimum absolute atomic E-state index is 0.0637. The van der Waals surface area contributed by atoms with Crippen LogP contribution in [0.25, 0.3) is 0 Å². The summed E-state index contributed by atoms with van der Waals surface area (Å²) in [4.78, 5) is 11.9. The number of hydrogen-bond donors (Lipinski definition) is 4. The van der Waals surface area contributed by atoms with Gasteiger partial charge in [0.15, 0.2) is 12.4 Å². The summed E-state index contributed by atoms with van der Waals surface area (Å²) >= 11 is 11.9. The van der Waals surface area contributed by atoms with Gasteiger partial charge in [0.2, 0.25) is 15.9 Å². The quantitative estimate of drug-likeness (QED) is 0.279. The predicted molar refractivity (Wildman–Crippen MR) is 120 cm³/mol. The molecule has 9 nitrogen and oxygen atoms in total. The van der Waals surface area contributed by atoms with Crippen molar-refractivity contribution in [3.8, 4) is 0 Å². The van der Waals surface area contributed by atoms with Gasteiger partial charge in [0.25, 0.3) is 0 Å². The Bertz CT molecular complexity index is 942. The first-order valence-corrected chi connectivity index (χ1v) is 12.0. The molecule has 0 bridgehead atoms. The van der Waals surface area contributed by atoms with Gasteiger partial charge in [0.1, 0.15) is 23.1 Å².